The second-order valence-corrected chi connectivity index (χ2v) is 7.26. The highest BCUT2D eigenvalue weighted by Crippen LogP contribution is 2.19. The summed E-state index contributed by atoms with van der Waals surface area (Å²) in [4.78, 5) is 62.1. The third-order valence-electron chi connectivity index (χ3n) is 4.73. The van der Waals surface area contributed by atoms with Crippen molar-refractivity contribution in [3.8, 4) is 0 Å². The molecule has 178 valence electrons. The number of nitrogens with one attached hydrogen (secondary N) is 4. The number of rotatable bonds is 12. The third-order valence-corrected chi connectivity index (χ3v) is 4.73. The quantitative estimate of drug-likeness (QED) is 0.162. The number of nitrogens with two attached hydrogens (primary N) is 2. The van der Waals surface area contributed by atoms with Gasteiger partial charge in [0.05, 0.1) is 19.6 Å². The molecule has 0 fully saturated rings. The molecule has 1 aromatic carbocycles. The second-order valence-electron chi connectivity index (χ2n) is 7.26. The molecule has 13 heteroatoms. The molecule has 3 unspecified atom stereocenters. The molecule has 10 N–H and O–H groups in total. The summed E-state index contributed by atoms with van der Waals surface area (Å²) in [6, 6.07) is 3.36. The lowest BCUT2D eigenvalue weighted by Crippen LogP contribution is -2.55. The largest absolute Gasteiger partial charge is 0.480 e. The molecule has 0 saturated carbocycles. The number of aromatic nitrogens is 1. The Morgan fingerprint density at radius 1 is 1.03 bits per heavy atom. The Hall–Kier alpha value is -3.97. The first kappa shape index (κ1) is 25.3. The van der Waals surface area contributed by atoms with Gasteiger partial charge in [-0.15, -0.1) is 0 Å². The standard InChI is InChI=1S/C20H26N6O7/c21-12(9-27)18(30)26-14(5-10-7-23-13-4-2-1-3-11(10)13)19(31)24-8-17(29)25-15(20(32)33)6-16(22)28/h1-4,7,12,14-15,23,27H,5-6,8-9,21H2,(H2,22,28)(H,24,31)(H,25,29)(H,26,30)(H,32,33). The molecule has 33 heavy (non-hydrogen) atoms. The smallest absolute Gasteiger partial charge is 0.326 e. The first-order chi connectivity index (χ1) is 15.6. The van der Waals surface area contributed by atoms with Crippen LogP contribution in [0.4, 0.5) is 0 Å². The SMILES string of the molecule is NC(=O)CC(NC(=O)CNC(=O)C(Cc1c[nH]c2ccccc12)NC(=O)C(N)CO)C(=O)O. The van der Waals surface area contributed by atoms with E-state index in [-0.39, 0.29) is 6.42 Å². The maximum absolute atomic E-state index is 12.7. The second kappa shape index (κ2) is 11.6. The van der Waals surface area contributed by atoms with Crippen LogP contribution in [0.5, 0.6) is 0 Å². The minimum atomic E-state index is -1.55. The van der Waals surface area contributed by atoms with E-state index in [0.717, 1.165) is 10.9 Å². The molecule has 3 atom stereocenters. The summed E-state index contributed by atoms with van der Waals surface area (Å²) in [6.07, 6.45) is 1.10. The van der Waals surface area contributed by atoms with Gasteiger partial charge in [0.2, 0.25) is 23.6 Å². The number of aliphatic hydroxyl groups is 1. The summed E-state index contributed by atoms with van der Waals surface area (Å²) in [5.74, 6) is -4.77. The number of primary amides is 1. The topological polar surface area (TPSA) is 230 Å². The molecule has 2 rings (SSSR count). The van der Waals surface area contributed by atoms with Gasteiger partial charge in [-0.05, 0) is 11.6 Å². The van der Waals surface area contributed by atoms with Gasteiger partial charge < -0.3 is 42.6 Å². The highest BCUT2D eigenvalue weighted by Gasteiger charge is 2.26. The van der Waals surface area contributed by atoms with E-state index < -0.39 is 67.3 Å². The van der Waals surface area contributed by atoms with Gasteiger partial charge in [0.15, 0.2) is 0 Å². The third kappa shape index (κ3) is 7.29. The fourth-order valence-electron chi connectivity index (χ4n) is 3.03. The average Bonchev–Trinajstić information content (AvgIpc) is 3.18. The summed E-state index contributed by atoms with van der Waals surface area (Å²) in [5.41, 5.74) is 12.0. The summed E-state index contributed by atoms with van der Waals surface area (Å²) in [5, 5.41) is 25.8. The maximum atomic E-state index is 12.7. The first-order valence-electron chi connectivity index (χ1n) is 9.92. The van der Waals surface area contributed by atoms with E-state index in [1.54, 1.807) is 6.20 Å². The van der Waals surface area contributed by atoms with E-state index in [4.69, 9.17) is 21.7 Å². The van der Waals surface area contributed by atoms with E-state index in [9.17, 15) is 24.0 Å². The predicted octanol–water partition coefficient (Wildman–Crippen LogP) is -2.92. The van der Waals surface area contributed by atoms with Gasteiger partial charge in [0, 0.05) is 23.5 Å². The molecule has 0 aliphatic rings. The molecule has 0 aliphatic carbocycles. The normalized spacial score (nSPS) is 13.5. The Balaban J connectivity index is 2.09. The van der Waals surface area contributed by atoms with Crippen LogP contribution in [0.25, 0.3) is 10.9 Å². The minimum Gasteiger partial charge on any atom is -0.480 e. The number of benzene rings is 1. The fourth-order valence-corrected chi connectivity index (χ4v) is 3.03. The number of para-hydroxylation sites is 1. The lowest BCUT2D eigenvalue weighted by atomic mass is 10.0. The number of hydrogen-bond donors (Lipinski definition) is 8. The van der Waals surface area contributed by atoms with Gasteiger partial charge in [0.1, 0.15) is 18.1 Å². The van der Waals surface area contributed by atoms with Crippen molar-refractivity contribution < 1.29 is 34.2 Å². The van der Waals surface area contributed by atoms with Gasteiger partial charge in [-0.1, -0.05) is 18.2 Å². The van der Waals surface area contributed by atoms with Crippen LogP contribution in [-0.4, -0.2) is 76.1 Å². The number of carboxylic acids is 1. The lowest BCUT2D eigenvalue weighted by molar-refractivity contribution is -0.143. The number of carbonyl (C=O) groups excluding carboxylic acids is 4. The summed E-state index contributed by atoms with van der Waals surface area (Å²) >= 11 is 0. The van der Waals surface area contributed by atoms with E-state index in [1.807, 2.05) is 24.3 Å². The number of H-pyrrole nitrogens is 1. The Morgan fingerprint density at radius 3 is 2.36 bits per heavy atom. The number of hydrogen-bond acceptors (Lipinski definition) is 7. The van der Waals surface area contributed by atoms with Gasteiger partial charge >= 0.3 is 5.97 Å². The zero-order chi connectivity index (χ0) is 24.5. The van der Waals surface area contributed by atoms with E-state index in [0.29, 0.717) is 5.56 Å². The first-order valence-corrected chi connectivity index (χ1v) is 9.92. The van der Waals surface area contributed by atoms with Crippen molar-refractivity contribution in [1.82, 2.24) is 20.9 Å². The Labute approximate surface area is 187 Å². The number of aliphatic carboxylic acids is 1. The van der Waals surface area contributed by atoms with Crippen LogP contribution in [-0.2, 0) is 30.4 Å². The predicted molar refractivity (Wildman–Crippen MR) is 115 cm³/mol. The van der Waals surface area contributed by atoms with Crippen molar-refractivity contribution >= 4 is 40.5 Å². The Morgan fingerprint density at radius 2 is 1.73 bits per heavy atom. The highest BCUT2D eigenvalue weighted by atomic mass is 16.4. The van der Waals surface area contributed by atoms with Crippen molar-refractivity contribution in [1.29, 1.82) is 0 Å². The molecule has 0 spiro atoms. The number of carbonyl (C=O) groups is 5. The van der Waals surface area contributed by atoms with E-state index in [1.165, 1.54) is 0 Å². The molecule has 4 amide bonds. The number of aliphatic hydroxyl groups excluding tert-OH is 1. The van der Waals surface area contributed by atoms with Crippen LogP contribution in [0.1, 0.15) is 12.0 Å². The van der Waals surface area contributed by atoms with Crippen LogP contribution >= 0.6 is 0 Å². The van der Waals surface area contributed by atoms with Gasteiger partial charge in [-0.25, -0.2) is 4.79 Å². The monoisotopic (exact) mass is 462 g/mol. The lowest BCUT2D eigenvalue weighted by Gasteiger charge is -2.20. The van der Waals surface area contributed by atoms with Crippen LogP contribution in [0.3, 0.4) is 0 Å². The molecule has 1 heterocycles. The van der Waals surface area contributed by atoms with E-state index >= 15 is 0 Å². The number of aromatic amines is 1. The zero-order valence-corrected chi connectivity index (χ0v) is 17.5. The van der Waals surface area contributed by atoms with E-state index in [2.05, 4.69) is 20.9 Å². The summed E-state index contributed by atoms with van der Waals surface area (Å²) in [7, 11) is 0. The molecule has 2 aromatic rings. The molecule has 1 aromatic heterocycles. The minimum absolute atomic E-state index is 0.0424. The Bertz CT molecular complexity index is 1040. The molecular weight excluding hydrogens is 436 g/mol. The van der Waals surface area contributed by atoms with Crippen LogP contribution in [0, 0.1) is 0 Å². The Kier molecular flexibility index (Phi) is 8.89. The molecular formula is C20H26N6O7. The van der Waals surface area contributed by atoms with Crippen LogP contribution < -0.4 is 27.4 Å². The average molecular weight is 462 g/mol. The van der Waals surface area contributed by atoms with Crippen molar-refractivity contribution in [2.24, 2.45) is 11.5 Å². The fraction of sp³-hybridized carbons (Fsp3) is 0.350. The number of amides is 4. The van der Waals surface area contributed by atoms with Crippen molar-refractivity contribution in [3.05, 3.63) is 36.0 Å². The maximum Gasteiger partial charge on any atom is 0.326 e. The van der Waals surface area contributed by atoms with Gasteiger partial charge in [-0.3, -0.25) is 19.2 Å². The number of carboxylic acid groups (broad SMARTS) is 1. The number of fused-ring (bicyclic) bond motifs is 1. The summed E-state index contributed by atoms with van der Waals surface area (Å²) in [6.45, 7) is -1.25. The molecule has 0 aliphatic heterocycles. The molecule has 13 nitrogen and oxygen atoms in total. The van der Waals surface area contributed by atoms with Gasteiger partial charge in [0.25, 0.3) is 0 Å². The van der Waals surface area contributed by atoms with Crippen molar-refractivity contribution in [2.75, 3.05) is 13.2 Å². The van der Waals surface area contributed by atoms with Crippen molar-refractivity contribution in [3.63, 3.8) is 0 Å². The molecule has 0 bridgehead atoms. The van der Waals surface area contributed by atoms with Crippen LogP contribution in [0.2, 0.25) is 0 Å². The highest BCUT2D eigenvalue weighted by molar-refractivity contribution is 5.94. The zero-order valence-electron chi connectivity index (χ0n) is 17.5. The van der Waals surface area contributed by atoms with Crippen LogP contribution in [0.15, 0.2) is 30.5 Å². The summed E-state index contributed by atoms with van der Waals surface area (Å²) < 4.78 is 0. The van der Waals surface area contributed by atoms with Gasteiger partial charge in [-0.2, -0.15) is 0 Å². The van der Waals surface area contributed by atoms with Crippen molar-refractivity contribution in [2.45, 2.75) is 31.0 Å². The molecule has 0 saturated heterocycles. The molecule has 0 radical (unpaired) electrons.